The summed E-state index contributed by atoms with van der Waals surface area (Å²) in [6.45, 7) is 9.17. The molecule has 10 nitrogen and oxygen atoms in total. The lowest BCUT2D eigenvalue weighted by molar-refractivity contribution is -0.141. The van der Waals surface area contributed by atoms with Gasteiger partial charge in [-0.2, -0.15) is 0 Å². The van der Waals surface area contributed by atoms with E-state index in [1.165, 1.54) is 44.1 Å². The predicted octanol–water partition coefficient (Wildman–Crippen LogP) is 8.60. The van der Waals surface area contributed by atoms with E-state index in [4.69, 9.17) is 9.47 Å². The van der Waals surface area contributed by atoms with Crippen LogP contribution in [0.5, 0.6) is 11.5 Å². The van der Waals surface area contributed by atoms with E-state index in [1.807, 2.05) is 54.6 Å². The fraction of sp³-hybridized carbons (Fsp3) is 0.364. The van der Waals surface area contributed by atoms with Crippen LogP contribution in [0.15, 0.2) is 97.3 Å². The molecule has 0 radical (unpaired) electrons. The van der Waals surface area contributed by atoms with Gasteiger partial charge in [0.1, 0.15) is 23.8 Å². The quantitative estimate of drug-likeness (QED) is 0.0480. The number of carbonyl (C=O) groups excluding carboxylic acids is 1. The highest BCUT2D eigenvalue weighted by Gasteiger charge is 2.30. The number of aliphatic hydroxyl groups excluding tert-OH is 1. The van der Waals surface area contributed by atoms with Crippen molar-refractivity contribution in [3.63, 3.8) is 0 Å². The van der Waals surface area contributed by atoms with E-state index < -0.39 is 24.3 Å². The van der Waals surface area contributed by atoms with Gasteiger partial charge in [0.25, 0.3) is 5.91 Å². The van der Waals surface area contributed by atoms with Crippen molar-refractivity contribution < 1.29 is 29.3 Å². The van der Waals surface area contributed by atoms with Crippen molar-refractivity contribution in [3.05, 3.63) is 118 Å². The normalized spacial score (nSPS) is 13.1. The molecular weight excluding hydrogens is 713 g/mol. The molecule has 3 atom stereocenters. The zero-order valence-corrected chi connectivity index (χ0v) is 33.1. The highest BCUT2D eigenvalue weighted by molar-refractivity contribution is 7.14. The number of carboxylic acid groups (broad SMARTS) is 1. The summed E-state index contributed by atoms with van der Waals surface area (Å²) in [5.41, 5.74) is 3.76. The van der Waals surface area contributed by atoms with E-state index >= 15 is 0 Å². The van der Waals surface area contributed by atoms with Crippen molar-refractivity contribution in [1.82, 2.24) is 20.6 Å². The minimum Gasteiger partial charge on any atom is -0.497 e. The zero-order valence-electron chi connectivity index (χ0n) is 32.2. The zero-order chi connectivity index (χ0) is 39.4. The largest absolute Gasteiger partial charge is 0.497 e. The van der Waals surface area contributed by atoms with Crippen molar-refractivity contribution in [2.24, 2.45) is 0 Å². The number of hydrogen-bond donors (Lipinski definition) is 4. The maximum Gasteiger partial charge on any atom is 0.325 e. The van der Waals surface area contributed by atoms with Crippen molar-refractivity contribution in [2.45, 2.75) is 89.9 Å². The Hall–Kier alpha value is -5.10. The minimum atomic E-state index is -1.43. The molecule has 2 heterocycles. The van der Waals surface area contributed by atoms with Crippen molar-refractivity contribution in [1.29, 1.82) is 0 Å². The second kappa shape index (κ2) is 19.5. The Bertz CT molecular complexity index is 1970. The summed E-state index contributed by atoms with van der Waals surface area (Å²) >= 11 is 1.39. The van der Waals surface area contributed by atoms with Gasteiger partial charge >= 0.3 is 5.97 Å². The number of amides is 1. The fourth-order valence-electron chi connectivity index (χ4n) is 6.07. The molecule has 290 valence electrons. The van der Waals surface area contributed by atoms with Crippen molar-refractivity contribution in [2.75, 3.05) is 13.7 Å². The Morgan fingerprint density at radius 2 is 1.53 bits per heavy atom. The number of aliphatic carboxylic acids is 1. The van der Waals surface area contributed by atoms with Gasteiger partial charge in [0, 0.05) is 28.4 Å². The lowest BCUT2D eigenvalue weighted by Crippen LogP contribution is -2.53. The molecule has 1 amide bonds. The Labute approximate surface area is 328 Å². The molecule has 4 N–H and O–H groups in total. The Balaban J connectivity index is 1.28. The molecule has 0 spiro atoms. The van der Waals surface area contributed by atoms with Gasteiger partial charge in [0.05, 0.1) is 24.6 Å². The van der Waals surface area contributed by atoms with Crippen LogP contribution in [-0.2, 0) is 16.6 Å². The van der Waals surface area contributed by atoms with Gasteiger partial charge in [-0.25, -0.2) is 9.97 Å². The Kier molecular flexibility index (Phi) is 14.5. The van der Waals surface area contributed by atoms with Crippen LogP contribution in [0.3, 0.4) is 0 Å². The number of benzene rings is 3. The van der Waals surface area contributed by atoms with E-state index in [0.717, 1.165) is 45.9 Å². The van der Waals surface area contributed by atoms with Crippen LogP contribution in [-0.4, -0.2) is 58.0 Å². The van der Waals surface area contributed by atoms with Crippen LogP contribution in [0.1, 0.15) is 91.5 Å². The topological polar surface area (TPSA) is 143 Å². The third-order valence-corrected chi connectivity index (χ3v) is 10.8. The van der Waals surface area contributed by atoms with E-state index in [2.05, 4.69) is 48.3 Å². The molecule has 5 aromatic rings. The maximum atomic E-state index is 13.5. The second-order valence-corrected chi connectivity index (χ2v) is 15.7. The smallest absolute Gasteiger partial charge is 0.325 e. The Morgan fingerprint density at radius 1 is 0.836 bits per heavy atom. The Morgan fingerprint density at radius 3 is 2.16 bits per heavy atom. The summed E-state index contributed by atoms with van der Waals surface area (Å²) in [5.74, 6) is 0.348. The third kappa shape index (κ3) is 11.7. The number of ether oxygens (including phenoxy) is 2. The average molecular weight is 765 g/mol. The fourth-order valence-corrected chi connectivity index (χ4v) is 7.04. The molecule has 3 aromatic carbocycles. The first kappa shape index (κ1) is 41.1. The molecule has 0 bridgehead atoms. The molecule has 0 fully saturated rings. The number of aliphatic hydroxyl groups is 1. The molecule has 2 unspecified atom stereocenters. The van der Waals surface area contributed by atoms with Crippen molar-refractivity contribution in [3.8, 4) is 34.0 Å². The van der Waals surface area contributed by atoms with Gasteiger partial charge in [-0.3, -0.25) is 14.9 Å². The number of nitrogens with zero attached hydrogens (tertiary/aromatic N) is 2. The second-order valence-electron chi connectivity index (χ2n) is 14.6. The van der Waals surface area contributed by atoms with E-state index in [1.54, 1.807) is 42.7 Å². The number of rotatable bonds is 19. The number of methoxy groups -OCH3 is 1. The monoisotopic (exact) mass is 764 g/mol. The summed E-state index contributed by atoms with van der Waals surface area (Å²) in [4.78, 5) is 36.7. The SMILES string of the molecule is CCCCCCCOc1ccc(-c2cnc(-c3ccc(C[C@H](NC(=O)c4ccc(C(C)(C)C)s4)C(O)NC(C(=O)O)c4cccc(OC)c4)cc3)nc2)cc1. The number of carbonyl (C=O) groups is 2. The first-order valence-electron chi connectivity index (χ1n) is 18.8. The summed E-state index contributed by atoms with van der Waals surface area (Å²) in [7, 11) is 1.50. The predicted molar refractivity (Wildman–Crippen MR) is 218 cm³/mol. The summed E-state index contributed by atoms with van der Waals surface area (Å²) < 4.78 is 11.2. The molecule has 5 rings (SSSR count). The lowest BCUT2D eigenvalue weighted by atomic mass is 9.95. The molecule has 0 saturated carbocycles. The van der Waals surface area contributed by atoms with Crippen LogP contribution in [0.2, 0.25) is 0 Å². The first-order valence-corrected chi connectivity index (χ1v) is 19.6. The van der Waals surface area contributed by atoms with Crippen LogP contribution in [0, 0.1) is 0 Å². The molecule has 0 aliphatic rings. The number of nitrogens with one attached hydrogen (secondary N) is 2. The number of hydrogen-bond acceptors (Lipinski definition) is 9. The van der Waals surface area contributed by atoms with Gasteiger partial charge in [0.2, 0.25) is 0 Å². The van der Waals surface area contributed by atoms with Crippen LogP contribution >= 0.6 is 11.3 Å². The van der Waals surface area contributed by atoms with Crippen LogP contribution in [0.4, 0.5) is 0 Å². The minimum absolute atomic E-state index is 0.130. The van der Waals surface area contributed by atoms with Gasteiger partial charge in [-0.15, -0.1) is 11.3 Å². The molecule has 0 saturated heterocycles. The molecule has 11 heteroatoms. The average Bonchev–Trinajstić information content (AvgIpc) is 3.71. The highest BCUT2D eigenvalue weighted by Crippen LogP contribution is 2.30. The van der Waals surface area contributed by atoms with Gasteiger partial charge < -0.3 is 25.0 Å². The molecule has 0 aliphatic carbocycles. The highest BCUT2D eigenvalue weighted by atomic mass is 32.1. The maximum absolute atomic E-state index is 13.5. The summed E-state index contributed by atoms with van der Waals surface area (Å²) in [6.07, 6.45) is 8.37. The third-order valence-electron chi connectivity index (χ3n) is 9.30. The number of unbranched alkanes of at least 4 members (excludes halogenated alkanes) is 4. The van der Waals surface area contributed by atoms with Gasteiger partial charge in [-0.1, -0.05) is 102 Å². The number of carboxylic acids is 1. The lowest BCUT2D eigenvalue weighted by Gasteiger charge is -2.28. The molecule has 0 aliphatic heterocycles. The molecule has 55 heavy (non-hydrogen) atoms. The molecular formula is C44H52N4O6S. The van der Waals surface area contributed by atoms with Gasteiger partial charge in [-0.05, 0) is 71.3 Å². The summed E-state index contributed by atoms with van der Waals surface area (Å²) in [5, 5.41) is 27.4. The van der Waals surface area contributed by atoms with Crippen LogP contribution in [0.25, 0.3) is 22.5 Å². The first-order chi connectivity index (χ1) is 26.4. The number of aromatic nitrogens is 2. The number of thiophene rings is 1. The van der Waals surface area contributed by atoms with Gasteiger partial charge in [0.15, 0.2) is 5.82 Å². The molecule has 2 aromatic heterocycles. The van der Waals surface area contributed by atoms with E-state index in [-0.39, 0.29) is 17.7 Å². The van der Waals surface area contributed by atoms with Crippen molar-refractivity contribution >= 4 is 23.2 Å². The summed E-state index contributed by atoms with van der Waals surface area (Å²) in [6, 6.07) is 23.7. The van der Waals surface area contributed by atoms with E-state index in [0.29, 0.717) is 22.0 Å². The van der Waals surface area contributed by atoms with Crippen LogP contribution < -0.4 is 20.1 Å². The standard InChI is InChI=1S/C44H52N4O6S/c1-6-7-8-9-10-24-54-34-20-18-30(19-21-34)33-27-45-40(46-28-33)31-16-14-29(15-17-31)25-36(47-42(50)37-22-23-38(55-37)44(2,3)4)41(49)48-39(43(51)52)32-12-11-13-35(26-32)53-5/h11-23,26-28,36,39,41,48-49H,6-10,24-25H2,1-5H3,(H,47,50)(H,51,52)/t36-,39?,41?/m0/s1. The van der Waals surface area contributed by atoms with E-state index in [9.17, 15) is 19.8 Å².